The molecule has 0 bridgehead atoms. The molecule has 0 spiro atoms. The lowest BCUT2D eigenvalue weighted by atomic mass is 9.86. The number of piperidine rings is 1. The predicted molar refractivity (Wildman–Crippen MR) is 67.0 cm³/mol. The van der Waals surface area contributed by atoms with Crippen LogP contribution in [-0.2, 0) is 0 Å². The highest BCUT2D eigenvalue weighted by Gasteiger charge is 2.32. The molecule has 0 aromatic heterocycles. The Morgan fingerprint density at radius 3 is 2.33 bits per heavy atom. The molecule has 2 heteroatoms. The minimum absolute atomic E-state index is 0.404. The summed E-state index contributed by atoms with van der Waals surface area (Å²) < 4.78 is 0. The first kappa shape index (κ1) is 13.0. The summed E-state index contributed by atoms with van der Waals surface area (Å²) in [6.07, 6.45) is 7.68. The van der Waals surface area contributed by atoms with Crippen molar-refractivity contribution in [2.75, 3.05) is 13.1 Å². The van der Waals surface area contributed by atoms with E-state index >= 15 is 0 Å². The van der Waals surface area contributed by atoms with Crippen molar-refractivity contribution in [2.24, 2.45) is 5.73 Å². The van der Waals surface area contributed by atoms with Gasteiger partial charge >= 0.3 is 0 Å². The summed E-state index contributed by atoms with van der Waals surface area (Å²) in [6, 6.07) is 0.409. The van der Waals surface area contributed by atoms with Crippen LogP contribution >= 0.6 is 0 Å². The van der Waals surface area contributed by atoms with Gasteiger partial charge in [0.1, 0.15) is 0 Å². The lowest BCUT2D eigenvalue weighted by Gasteiger charge is -2.45. The fourth-order valence-electron chi connectivity index (χ4n) is 3.02. The molecule has 90 valence electrons. The average molecular weight is 212 g/mol. The van der Waals surface area contributed by atoms with Crippen LogP contribution in [0.2, 0.25) is 0 Å². The Morgan fingerprint density at radius 1 is 1.27 bits per heavy atom. The third kappa shape index (κ3) is 3.46. The van der Waals surface area contributed by atoms with E-state index in [0.717, 1.165) is 6.54 Å². The SMILES string of the molecule is CCCC(C)(CCC)N1CCCC(N)C1. The van der Waals surface area contributed by atoms with Crippen LogP contribution in [0.25, 0.3) is 0 Å². The lowest BCUT2D eigenvalue weighted by molar-refractivity contribution is 0.0561. The van der Waals surface area contributed by atoms with Crippen LogP contribution in [0.4, 0.5) is 0 Å². The summed E-state index contributed by atoms with van der Waals surface area (Å²) in [6.45, 7) is 9.37. The quantitative estimate of drug-likeness (QED) is 0.759. The van der Waals surface area contributed by atoms with E-state index < -0.39 is 0 Å². The van der Waals surface area contributed by atoms with E-state index in [1.165, 1.54) is 45.1 Å². The van der Waals surface area contributed by atoms with E-state index in [1.807, 2.05) is 0 Å². The number of nitrogens with two attached hydrogens (primary N) is 1. The molecule has 0 aliphatic carbocycles. The molecule has 2 N–H and O–H groups in total. The standard InChI is InChI=1S/C13H28N2/c1-4-8-13(3,9-5-2)15-10-6-7-12(14)11-15/h12H,4-11,14H2,1-3H3. The molecule has 1 atom stereocenters. The first-order valence-electron chi connectivity index (χ1n) is 6.63. The Bertz CT molecular complexity index is 173. The Kier molecular flexibility index (Phi) is 5.07. The Morgan fingerprint density at radius 2 is 1.87 bits per heavy atom. The molecule has 0 saturated carbocycles. The van der Waals surface area contributed by atoms with Gasteiger partial charge in [0.15, 0.2) is 0 Å². The molecule has 15 heavy (non-hydrogen) atoms. The molecule has 0 radical (unpaired) electrons. The van der Waals surface area contributed by atoms with Gasteiger partial charge in [0.05, 0.1) is 0 Å². The van der Waals surface area contributed by atoms with Gasteiger partial charge in [-0.3, -0.25) is 4.90 Å². The van der Waals surface area contributed by atoms with Crippen LogP contribution in [0.1, 0.15) is 59.3 Å². The summed E-state index contributed by atoms with van der Waals surface area (Å²) in [5.74, 6) is 0. The summed E-state index contributed by atoms with van der Waals surface area (Å²) in [5, 5.41) is 0. The second-order valence-electron chi connectivity index (χ2n) is 5.35. The largest absolute Gasteiger partial charge is 0.327 e. The molecule has 1 unspecified atom stereocenters. The second kappa shape index (κ2) is 5.86. The fraction of sp³-hybridized carbons (Fsp3) is 1.00. The predicted octanol–water partition coefficient (Wildman–Crippen LogP) is 2.77. The van der Waals surface area contributed by atoms with Crippen molar-refractivity contribution in [1.29, 1.82) is 0 Å². The molecule has 1 aliphatic rings. The van der Waals surface area contributed by atoms with E-state index in [9.17, 15) is 0 Å². The maximum absolute atomic E-state index is 6.07. The van der Waals surface area contributed by atoms with Crippen LogP contribution in [0.15, 0.2) is 0 Å². The van der Waals surface area contributed by atoms with Gasteiger partial charge < -0.3 is 5.73 Å². The van der Waals surface area contributed by atoms with Crippen LogP contribution in [0.3, 0.4) is 0 Å². The lowest BCUT2D eigenvalue weighted by Crippen LogP contribution is -2.54. The number of nitrogens with zero attached hydrogens (tertiary/aromatic N) is 1. The zero-order valence-electron chi connectivity index (χ0n) is 10.8. The fourth-order valence-corrected chi connectivity index (χ4v) is 3.02. The van der Waals surface area contributed by atoms with E-state index in [1.54, 1.807) is 0 Å². The van der Waals surface area contributed by atoms with Crippen molar-refractivity contribution in [3.05, 3.63) is 0 Å². The molecular weight excluding hydrogens is 184 g/mol. The number of hydrogen-bond acceptors (Lipinski definition) is 2. The van der Waals surface area contributed by atoms with Crippen LogP contribution < -0.4 is 5.73 Å². The van der Waals surface area contributed by atoms with Crippen LogP contribution in [0.5, 0.6) is 0 Å². The van der Waals surface area contributed by atoms with Gasteiger partial charge in [-0.15, -0.1) is 0 Å². The van der Waals surface area contributed by atoms with Crippen LogP contribution in [0, 0.1) is 0 Å². The van der Waals surface area contributed by atoms with Crippen molar-refractivity contribution in [3.63, 3.8) is 0 Å². The van der Waals surface area contributed by atoms with Crippen molar-refractivity contribution < 1.29 is 0 Å². The highest BCUT2D eigenvalue weighted by molar-refractivity contribution is 4.90. The highest BCUT2D eigenvalue weighted by Crippen LogP contribution is 2.29. The number of likely N-dealkylation sites (tertiary alicyclic amines) is 1. The van der Waals surface area contributed by atoms with Crippen molar-refractivity contribution >= 4 is 0 Å². The van der Waals surface area contributed by atoms with Gasteiger partial charge in [-0.2, -0.15) is 0 Å². The van der Waals surface area contributed by atoms with E-state index in [-0.39, 0.29) is 0 Å². The maximum atomic E-state index is 6.07. The smallest absolute Gasteiger partial charge is 0.0181 e. The minimum Gasteiger partial charge on any atom is -0.327 e. The molecule has 0 aromatic carbocycles. The highest BCUT2D eigenvalue weighted by atomic mass is 15.2. The van der Waals surface area contributed by atoms with Gasteiger partial charge in [-0.1, -0.05) is 26.7 Å². The molecular formula is C13H28N2. The molecule has 0 aromatic rings. The molecule has 0 amide bonds. The van der Waals surface area contributed by atoms with Gasteiger partial charge in [0, 0.05) is 18.1 Å². The van der Waals surface area contributed by atoms with Crippen molar-refractivity contribution in [2.45, 2.75) is 70.9 Å². The Balaban J connectivity index is 2.60. The van der Waals surface area contributed by atoms with E-state index in [4.69, 9.17) is 5.73 Å². The molecule has 1 aliphatic heterocycles. The number of rotatable bonds is 5. The van der Waals surface area contributed by atoms with Gasteiger partial charge in [0.25, 0.3) is 0 Å². The number of hydrogen-bond donors (Lipinski definition) is 1. The summed E-state index contributed by atoms with van der Waals surface area (Å²) in [7, 11) is 0. The zero-order chi connectivity index (χ0) is 11.3. The van der Waals surface area contributed by atoms with Gasteiger partial charge in [0.2, 0.25) is 0 Å². The molecule has 1 rings (SSSR count). The molecule has 1 heterocycles. The minimum atomic E-state index is 0.404. The first-order chi connectivity index (χ1) is 7.12. The van der Waals surface area contributed by atoms with Crippen LogP contribution in [-0.4, -0.2) is 29.6 Å². The summed E-state index contributed by atoms with van der Waals surface area (Å²) >= 11 is 0. The third-order valence-electron chi connectivity index (χ3n) is 3.80. The molecule has 2 nitrogen and oxygen atoms in total. The van der Waals surface area contributed by atoms with Gasteiger partial charge in [-0.05, 0) is 39.2 Å². The maximum Gasteiger partial charge on any atom is 0.0181 e. The summed E-state index contributed by atoms with van der Waals surface area (Å²) in [5.41, 5.74) is 6.48. The third-order valence-corrected chi connectivity index (χ3v) is 3.80. The monoisotopic (exact) mass is 212 g/mol. The first-order valence-corrected chi connectivity index (χ1v) is 6.63. The summed E-state index contributed by atoms with van der Waals surface area (Å²) in [4.78, 5) is 2.65. The van der Waals surface area contributed by atoms with Crippen molar-refractivity contribution in [3.8, 4) is 0 Å². The van der Waals surface area contributed by atoms with Crippen molar-refractivity contribution in [1.82, 2.24) is 4.90 Å². The van der Waals surface area contributed by atoms with E-state index in [0.29, 0.717) is 11.6 Å². The van der Waals surface area contributed by atoms with E-state index in [2.05, 4.69) is 25.7 Å². The molecule has 1 saturated heterocycles. The second-order valence-corrected chi connectivity index (χ2v) is 5.35. The normalized spacial score (nSPS) is 24.4. The Hall–Kier alpha value is -0.0800. The topological polar surface area (TPSA) is 29.3 Å². The average Bonchev–Trinajstić information content (AvgIpc) is 2.18. The molecule has 1 fully saturated rings. The Labute approximate surface area is 95.2 Å². The van der Waals surface area contributed by atoms with Gasteiger partial charge in [-0.25, -0.2) is 0 Å². The zero-order valence-corrected chi connectivity index (χ0v) is 10.8.